The standard InChI is InChI=1S/C8H5F3O4/c1-3(12)5-2-4(7(13)14)6(15-5)8(9,10)11/h2H,1H3,(H,13,14). The molecule has 0 unspecified atom stereocenters. The first-order chi connectivity index (χ1) is 6.73. The molecular formula is C8H5F3O4. The highest BCUT2D eigenvalue weighted by atomic mass is 19.4. The molecule has 0 radical (unpaired) electrons. The number of carboxylic acid groups (broad SMARTS) is 1. The summed E-state index contributed by atoms with van der Waals surface area (Å²) in [5.41, 5.74) is -1.06. The third kappa shape index (κ3) is 2.17. The normalized spacial score (nSPS) is 11.5. The average molecular weight is 222 g/mol. The lowest BCUT2D eigenvalue weighted by Gasteiger charge is -2.02. The molecule has 1 heterocycles. The lowest BCUT2D eigenvalue weighted by Crippen LogP contribution is -2.09. The molecule has 0 fully saturated rings. The van der Waals surface area contributed by atoms with E-state index in [4.69, 9.17) is 5.11 Å². The number of hydrogen-bond acceptors (Lipinski definition) is 3. The minimum absolute atomic E-state index is 0.563. The molecule has 1 aromatic rings. The van der Waals surface area contributed by atoms with Gasteiger partial charge in [0.15, 0.2) is 11.5 Å². The van der Waals surface area contributed by atoms with Crippen LogP contribution in [0, 0.1) is 0 Å². The van der Waals surface area contributed by atoms with Gasteiger partial charge in [0.2, 0.25) is 5.76 Å². The summed E-state index contributed by atoms with van der Waals surface area (Å²) in [6.45, 7) is 0.977. The zero-order valence-electron chi connectivity index (χ0n) is 7.38. The summed E-state index contributed by atoms with van der Waals surface area (Å²) >= 11 is 0. The molecule has 1 aromatic heterocycles. The van der Waals surface area contributed by atoms with E-state index in [9.17, 15) is 22.8 Å². The van der Waals surface area contributed by atoms with Crippen LogP contribution in [-0.2, 0) is 6.18 Å². The quantitative estimate of drug-likeness (QED) is 0.779. The number of rotatable bonds is 2. The van der Waals surface area contributed by atoms with Crippen LogP contribution in [0.15, 0.2) is 10.5 Å². The van der Waals surface area contributed by atoms with Gasteiger partial charge in [0.05, 0.1) is 0 Å². The van der Waals surface area contributed by atoms with Gasteiger partial charge in [-0.05, 0) is 0 Å². The first-order valence-corrected chi connectivity index (χ1v) is 3.68. The Morgan fingerprint density at radius 1 is 1.40 bits per heavy atom. The van der Waals surface area contributed by atoms with Crippen LogP contribution in [0.1, 0.15) is 33.6 Å². The van der Waals surface area contributed by atoms with E-state index in [1.165, 1.54) is 0 Å². The van der Waals surface area contributed by atoms with Gasteiger partial charge in [0.1, 0.15) is 5.56 Å². The van der Waals surface area contributed by atoms with E-state index < -0.39 is 35.0 Å². The molecule has 1 N–H and O–H groups in total. The van der Waals surface area contributed by atoms with Gasteiger partial charge in [-0.15, -0.1) is 0 Å². The summed E-state index contributed by atoms with van der Waals surface area (Å²) in [4.78, 5) is 21.1. The SMILES string of the molecule is CC(=O)c1cc(C(=O)O)c(C(F)(F)F)o1. The molecule has 15 heavy (non-hydrogen) atoms. The van der Waals surface area contributed by atoms with E-state index in [2.05, 4.69) is 4.42 Å². The molecule has 0 amide bonds. The van der Waals surface area contributed by atoms with Gasteiger partial charge < -0.3 is 9.52 Å². The second kappa shape index (κ2) is 3.41. The molecular weight excluding hydrogens is 217 g/mol. The van der Waals surface area contributed by atoms with Crippen LogP contribution in [0.25, 0.3) is 0 Å². The van der Waals surface area contributed by atoms with Crippen molar-refractivity contribution in [1.82, 2.24) is 0 Å². The van der Waals surface area contributed by atoms with Crippen LogP contribution in [-0.4, -0.2) is 16.9 Å². The molecule has 1 rings (SSSR count). The molecule has 0 aromatic carbocycles. The van der Waals surface area contributed by atoms with E-state index in [1.54, 1.807) is 0 Å². The van der Waals surface area contributed by atoms with E-state index >= 15 is 0 Å². The van der Waals surface area contributed by atoms with Gasteiger partial charge >= 0.3 is 12.1 Å². The van der Waals surface area contributed by atoms with Crippen molar-refractivity contribution in [3.05, 3.63) is 23.2 Å². The topological polar surface area (TPSA) is 67.5 Å². The molecule has 7 heteroatoms. The Morgan fingerprint density at radius 2 is 1.93 bits per heavy atom. The number of Topliss-reactive ketones (excluding diaryl/α,β-unsaturated/α-hetero) is 1. The van der Waals surface area contributed by atoms with Crippen molar-refractivity contribution < 1.29 is 32.3 Å². The van der Waals surface area contributed by atoms with Crippen molar-refractivity contribution in [2.24, 2.45) is 0 Å². The average Bonchev–Trinajstić information content (AvgIpc) is 2.45. The Kier molecular flexibility index (Phi) is 2.57. The third-order valence-electron chi connectivity index (χ3n) is 1.57. The minimum atomic E-state index is -4.93. The summed E-state index contributed by atoms with van der Waals surface area (Å²) in [6.07, 6.45) is -4.93. The molecule has 0 spiro atoms. The predicted molar refractivity (Wildman–Crippen MR) is 40.7 cm³/mol. The van der Waals surface area contributed by atoms with Crippen LogP contribution >= 0.6 is 0 Å². The van der Waals surface area contributed by atoms with E-state index in [-0.39, 0.29) is 0 Å². The van der Waals surface area contributed by atoms with Crippen molar-refractivity contribution >= 4 is 11.8 Å². The molecule has 4 nitrogen and oxygen atoms in total. The van der Waals surface area contributed by atoms with E-state index in [0.29, 0.717) is 6.07 Å². The molecule has 0 aliphatic rings. The number of carbonyl (C=O) groups is 2. The highest BCUT2D eigenvalue weighted by Crippen LogP contribution is 2.34. The molecule has 0 bridgehead atoms. The Labute approximate surface area is 81.3 Å². The fourth-order valence-corrected chi connectivity index (χ4v) is 0.934. The second-order valence-corrected chi connectivity index (χ2v) is 2.71. The zero-order valence-corrected chi connectivity index (χ0v) is 7.38. The van der Waals surface area contributed by atoms with Crippen LogP contribution in [0.5, 0.6) is 0 Å². The third-order valence-corrected chi connectivity index (χ3v) is 1.57. The fourth-order valence-electron chi connectivity index (χ4n) is 0.934. The smallest absolute Gasteiger partial charge is 0.450 e. The number of halogens is 3. The van der Waals surface area contributed by atoms with Crippen LogP contribution in [0.4, 0.5) is 13.2 Å². The molecule has 0 saturated carbocycles. The summed E-state index contributed by atoms with van der Waals surface area (Å²) in [6, 6.07) is 0.563. The second-order valence-electron chi connectivity index (χ2n) is 2.71. The summed E-state index contributed by atoms with van der Waals surface area (Å²) in [5, 5.41) is 8.45. The summed E-state index contributed by atoms with van der Waals surface area (Å²) in [7, 11) is 0. The molecule has 0 atom stereocenters. The van der Waals surface area contributed by atoms with Crippen molar-refractivity contribution in [3.63, 3.8) is 0 Å². The lowest BCUT2D eigenvalue weighted by molar-refractivity contribution is -0.153. The zero-order chi connectivity index (χ0) is 11.8. The van der Waals surface area contributed by atoms with E-state index in [1.807, 2.05) is 0 Å². The van der Waals surface area contributed by atoms with Crippen LogP contribution in [0.3, 0.4) is 0 Å². The van der Waals surface area contributed by atoms with Gasteiger partial charge in [-0.1, -0.05) is 0 Å². The maximum absolute atomic E-state index is 12.2. The lowest BCUT2D eigenvalue weighted by atomic mass is 10.2. The Bertz CT molecular complexity index is 416. The van der Waals surface area contributed by atoms with E-state index in [0.717, 1.165) is 6.92 Å². The van der Waals surface area contributed by atoms with Crippen molar-refractivity contribution in [1.29, 1.82) is 0 Å². The number of carboxylic acids is 1. The Balaban J connectivity index is 3.37. The molecule has 82 valence electrons. The van der Waals surface area contributed by atoms with Crippen molar-refractivity contribution in [2.75, 3.05) is 0 Å². The predicted octanol–water partition coefficient (Wildman–Crippen LogP) is 2.20. The molecule has 0 saturated heterocycles. The number of furan rings is 1. The van der Waals surface area contributed by atoms with Crippen molar-refractivity contribution in [2.45, 2.75) is 13.1 Å². The van der Waals surface area contributed by atoms with Gasteiger partial charge in [-0.2, -0.15) is 13.2 Å². The summed E-state index contributed by atoms with van der Waals surface area (Å²) in [5.74, 6) is -4.86. The first-order valence-electron chi connectivity index (χ1n) is 3.68. The number of hydrogen-bond donors (Lipinski definition) is 1. The highest BCUT2D eigenvalue weighted by molar-refractivity contribution is 5.96. The highest BCUT2D eigenvalue weighted by Gasteiger charge is 2.40. The molecule has 0 aliphatic carbocycles. The number of alkyl halides is 3. The largest absolute Gasteiger partial charge is 0.478 e. The van der Waals surface area contributed by atoms with Crippen LogP contribution in [0.2, 0.25) is 0 Å². The number of ketones is 1. The van der Waals surface area contributed by atoms with Gasteiger partial charge in [0.25, 0.3) is 0 Å². The number of carbonyl (C=O) groups excluding carboxylic acids is 1. The minimum Gasteiger partial charge on any atom is -0.478 e. The monoisotopic (exact) mass is 222 g/mol. The summed E-state index contributed by atoms with van der Waals surface area (Å²) < 4.78 is 40.8. The Morgan fingerprint density at radius 3 is 2.20 bits per heavy atom. The fraction of sp³-hybridized carbons (Fsp3) is 0.250. The number of aromatic carboxylic acids is 1. The van der Waals surface area contributed by atoms with Crippen molar-refractivity contribution in [3.8, 4) is 0 Å². The van der Waals surface area contributed by atoms with Crippen LogP contribution < -0.4 is 0 Å². The maximum Gasteiger partial charge on any atom is 0.450 e. The Hall–Kier alpha value is -1.79. The van der Waals surface area contributed by atoms with Gasteiger partial charge in [-0.3, -0.25) is 4.79 Å². The molecule has 0 aliphatic heterocycles. The maximum atomic E-state index is 12.2. The van der Waals surface area contributed by atoms with Gasteiger partial charge in [0, 0.05) is 13.0 Å². The van der Waals surface area contributed by atoms with Gasteiger partial charge in [-0.25, -0.2) is 4.79 Å². The first kappa shape index (κ1) is 11.3.